The van der Waals surface area contributed by atoms with E-state index in [0.717, 1.165) is 0 Å². The van der Waals surface area contributed by atoms with Crippen LogP contribution in [0, 0.1) is 5.92 Å². The van der Waals surface area contributed by atoms with Crippen molar-refractivity contribution < 1.29 is 14.7 Å². The first-order chi connectivity index (χ1) is 8.81. The maximum absolute atomic E-state index is 11.8. The zero-order valence-corrected chi connectivity index (χ0v) is 12.4. The van der Waals surface area contributed by atoms with Gasteiger partial charge in [0.05, 0.1) is 11.3 Å². The number of aromatic carboxylic acids is 1. The topological polar surface area (TPSA) is 92.4 Å². The van der Waals surface area contributed by atoms with Gasteiger partial charge in [-0.25, -0.2) is 4.79 Å². The van der Waals surface area contributed by atoms with Crippen molar-refractivity contribution in [3.05, 3.63) is 28.2 Å². The third kappa shape index (κ3) is 4.65. The molecule has 1 aromatic carbocycles. The summed E-state index contributed by atoms with van der Waals surface area (Å²) in [4.78, 5) is 22.7. The summed E-state index contributed by atoms with van der Waals surface area (Å²) in [5.41, 5.74) is 6.37. The number of nitrogens with two attached hydrogens (primary N) is 1. The smallest absolute Gasteiger partial charge is 0.335 e. The van der Waals surface area contributed by atoms with Gasteiger partial charge in [0.1, 0.15) is 0 Å². The Morgan fingerprint density at radius 1 is 1.42 bits per heavy atom. The van der Waals surface area contributed by atoms with Crippen molar-refractivity contribution in [2.45, 2.75) is 26.3 Å². The number of hydrogen-bond acceptors (Lipinski definition) is 3. The van der Waals surface area contributed by atoms with Crippen LogP contribution in [0.25, 0.3) is 0 Å². The van der Waals surface area contributed by atoms with Crippen LogP contribution in [0.4, 0.5) is 5.69 Å². The SMILES string of the molecule is CC(C)C(N)CC(=O)Nc1cc(C(=O)O)ccc1Br. The number of nitrogens with one attached hydrogen (secondary N) is 1. The number of amides is 1. The molecule has 1 atom stereocenters. The van der Waals surface area contributed by atoms with E-state index in [1.165, 1.54) is 12.1 Å². The van der Waals surface area contributed by atoms with Gasteiger partial charge >= 0.3 is 5.97 Å². The molecule has 1 amide bonds. The highest BCUT2D eigenvalue weighted by Crippen LogP contribution is 2.24. The Balaban J connectivity index is 2.79. The summed E-state index contributed by atoms with van der Waals surface area (Å²) < 4.78 is 0.629. The van der Waals surface area contributed by atoms with E-state index in [9.17, 15) is 9.59 Å². The number of carbonyl (C=O) groups is 2. The molecule has 0 saturated heterocycles. The normalized spacial score (nSPS) is 12.3. The van der Waals surface area contributed by atoms with Gasteiger partial charge in [-0.2, -0.15) is 0 Å². The largest absolute Gasteiger partial charge is 0.478 e. The molecule has 19 heavy (non-hydrogen) atoms. The van der Waals surface area contributed by atoms with Gasteiger partial charge in [-0.3, -0.25) is 4.79 Å². The molecule has 0 bridgehead atoms. The first-order valence-electron chi connectivity index (χ1n) is 5.89. The number of anilines is 1. The van der Waals surface area contributed by atoms with E-state index in [2.05, 4.69) is 21.2 Å². The fourth-order valence-corrected chi connectivity index (χ4v) is 1.75. The van der Waals surface area contributed by atoms with E-state index in [-0.39, 0.29) is 29.9 Å². The van der Waals surface area contributed by atoms with Crippen molar-refractivity contribution in [3.63, 3.8) is 0 Å². The molecular formula is C13H17BrN2O3. The van der Waals surface area contributed by atoms with Gasteiger partial charge in [0.25, 0.3) is 0 Å². The van der Waals surface area contributed by atoms with E-state index in [4.69, 9.17) is 10.8 Å². The molecule has 6 heteroatoms. The van der Waals surface area contributed by atoms with Crippen LogP contribution in [-0.2, 0) is 4.79 Å². The molecular weight excluding hydrogens is 312 g/mol. The molecule has 0 aliphatic rings. The van der Waals surface area contributed by atoms with Gasteiger partial charge in [-0.15, -0.1) is 0 Å². The average molecular weight is 329 g/mol. The fourth-order valence-electron chi connectivity index (χ4n) is 1.41. The monoisotopic (exact) mass is 328 g/mol. The standard InChI is InChI=1S/C13H17BrN2O3/c1-7(2)10(15)6-12(17)16-11-5-8(13(18)19)3-4-9(11)14/h3-5,7,10H,6,15H2,1-2H3,(H,16,17)(H,18,19). The van der Waals surface area contributed by atoms with Gasteiger partial charge in [-0.05, 0) is 40.0 Å². The van der Waals surface area contributed by atoms with Gasteiger partial charge in [0, 0.05) is 16.9 Å². The summed E-state index contributed by atoms with van der Waals surface area (Å²) in [7, 11) is 0. The molecule has 1 rings (SSSR count). The highest BCUT2D eigenvalue weighted by molar-refractivity contribution is 9.10. The minimum absolute atomic E-state index is 0.117. The minimum Gasteiger partial charge on any atom is -0.478 e. The zero-order valence-electron chi connectivity index (χ0n) is 10.8. The lowest BCUT2D eigenvalue weighted by Gasteiger charge is -2.15. The average Bonchev–Trinajstić information content (AvgIpc) is 2.31. The highest BCUT2D eigenvalue weighted by atomic mass is 79.9. The van der Waals surface area contributed by atoms with Crippen LogP contribution in [0.15, 0.2) is 22.7 Å². The van der Waals surface area contributed by atoms with Gasteiger partial charge in [-0.1, -0.05) is 13.8 Å². The summed E-state index contributed by atoms with van der Waals surface area (Å²) in [5.74, 6) is -1.06. The number of benzene rings is 1. The summed E-state index contributed by atoms with van der Waals surface area (Å²) in [5, 5.41) is 11.6. The number of halogens is 1. The number of carboxylic acids is 1. The Morgan fingerprint density at radius 3 is 2.58 bits per heavy atom. The van der Waals surface area contributed by atoms with Crippen LogP contribution in [0.1, 0.15) is 30.6 Å². The van der Waals surface area contributed by atoms with Crippen LogP contribution < -0.4 is 11.1 Å². The molecule has 1 unspecified atom stereocenters. The molecule has 104 valence electrons. The second kappa shape index (κ2) is 6.68. The Kier molecular flexibility index (Phi) is 5.50. The van der Waals surface area contributed by atoms with Crippen molar-refractivity contribution in [1.82, 2.24) is 0 Å². The lowest BCUT2D eigenvalue weighted by molar-refractivity contribution is -0.116. The Morgan fingerprint density at radius 2 is 2.05 bits per heavy atom. The molecule has 0 aliphatic carbocycles. The first kappa shape index (κ1) is 15.7. The maximum Gasteiger partial charge on any atom is 0.335 e. The van der Waals surface area contributed by atoms with Crippen LogP contribution in [-0.4, -0.2) is 23.0 Å². The second-order valence-electron chi connectivity index (χ2n) is 4.66. The molecule has 0 fully saturated rings. The Hall–Kier alpha value is -1.40. The molecule has 4 N–H and O–H groups in total. The van der Waals surface area contributed by atoms with Crippen LogP contribution in [0.3, 0.4) is 0 Å². The van der Waals surface area contributed by atoms with E-state index in [1.807, 2.05) is 13.8 Å². The van der Waals surface area contributed by atoms with Crippen LogP contribution in [0.5, 0.6) is 0 Å². The molecule has 0 aliphatic heterocycles. The van der Waals surface area contributed by atoms with Crippen LogP contribution in [0.2, 0.25) is 0 Å². The van der Waals surface area contributed by atoms with Crippen molar-refractivity contribution in [2.75, 3.05) is 5.32 Å². The van der Waals surface area contributed by atoms with Crippen molar-refractivity contribution in [3.8, 4) is 0 Å². The van der Waals surface area contributed by atoms with E-state index in [0.29, 0.717) is 10.2 Å². The quantitative estimate of drug-likeness (QED) is 0.774. The summed E-state index contributed by atoms with van der Waals surface area (Å²) in [6.45, 7) is 3.89. The maximum atomic E-state index is 11.8. The predicted molar refractivity (Wildman–Crippen MR) is 77.2 cm³/mol. The van der Waals surface area contributed by atoms with Gasteiger partial charge in [0.15, 0.2) is 0 Å². The summed E-state index contributed by atoms with van der Waals surface area (Å²) >= 11 is 3.26. The third-order valence-corrected chi connectivity index (χ3v) is 3.46. The second-order valence-corrected chi connectivity index (χ2v) is 5.51. The van der Waals surface area contributed by atoms with E-state index < -0.39 is 5.97 Å². The third-order valence-electron chi connectivity index (χ3n) is 2.76. The van der Waals surface area contributed by atoms with Crippen molar-refractivity contribution in [1.29, 1.82) is 0 Å². The molecule has 1 aromatic rings. The number of carbonyl (C=O) groups excluding carboxylic acids is 1. The fraction of sp³-hybridized carbons (Fsp3) is 0.385. The summed E-state index contributed by atoms with van der Waals surface area (Å²) in [6.07, 6.45) is 0.196. The Labute approximate surface area is 120 Å². The minimum atomic E-state index is -1.04. The lowest BCUT2D eigenvalue weighted by Crippen LogP contribution is -2.31. The predicted octanol–water partition coefficient (Wildman–Crippen LogP) is 2.46. The van der Waals surface area contributed by atoms with Gasteiger partial charge in [0.2, 0.25) is 5.91 Å². The van der Waals surface area contributed by atoms with Crippen molar-refractivity contribution >= 4 is 33.5 Å². The molecule has 5 nitrogen and oxygen atoms in total. The number of hydrogen-bond donors (Lipinski definition) is 3. The molecule has 0 heterocycles. The van der Waals surface area contributed by atoms with E-state index in [1.54, 1.807) is 6.07 Å². The molecule has 0 radical (unpaired) electrons. The Bertz CT molecular complexity index is 489. The molecule has 0 spiro atoms. The number of carboxylic acid groups (broad SMARTS) is 1. The van der Waals surface area contributed by atoms with Crippen molar-refractivity contribution in [2.24, 2.45) is 11.7 Å². The highest BCUT2D eigenvalue weighted by Gasteiger charge is 2.15. The number of rotatable bonds is 5. The van der Waals surface area contributed by atoms with Gasteiger partial charge < -0.3 is 16.2 Å². The molecule has 0 saturated carbocycles. The summed E-state index contributed by atoms with van der Waals surface area (Å²) in [6, 6.07) is 4.23. The lowest BCUT2D eigenvalue weighted by atomic mass is 10.0. The van der Waals surface area contributed by atoms with Crippen LogP contribution >= 0.6 is 15.9 Å². The zero-order chi connectivity index (χ0) is 14.6. The first-order valence-corrected chi connectivity index (χ1v) is 6.69. The van der Waals surface area contributed by atoms with E-state index >= 15 is 0 Å². The molecule has 0 aromatic heterocycles.